The summed E-state index contributed by atoms with van der Waals surface area (Å²) in [4.78, 5) is 5.46. The van der Waals surface area contributed by atoms with Gasteiger partial charge in [0, 0.05) is 25.5 Å². The van der Waals surface area contributed by atoms with Gasteiger partial charge in [0.05, 0.1) is 0 Å². The summed E-state index contributed by atoms with van der Waals surface area (Å²) >= 11 is 0. The van der Waals surface area contributed by atoms with Crippen molar-refractivity contribution in [2.75, 3.05) is 13.1 Å². The van der Waals surface area contributed by atoms with Gasteiger partial charge in [-0.25, -0.2) is 0 Å². The second kappa shape index (κ2) is 37.6. The minimum Gasteiger partial charge on any atom is -0.356 e. The van der Waals surface area contributed by atoms with E-state index in [1.165, 1.54) is 257 Å². The maximum atomic E-state index is 2.73. The van der Waals surface area contributed by atoms with Crippen molar-refractivity contribution >= 4 is 0 Å². The molecule has 0 amide bonds. The molecule has 0 saturated carbocycles. The van der Waals surface area contributed by atoms with Crippen molar-refractivity contribution in [3.63, 3.8) is 0 Å². The first-order chi connectivity index (χ1) is 23.8. The van der Waals surface area contributed by atoms with E-state index in [0.29, 0.717) is 6.17 Å². The van der Waals surface area contributed by atoms with Gasteiger partial charge in [0.2, 0.25) is 0 Å². The summed E-state index contributed by atoms with van der Waals surface area (Å²) in [6.45, 7) is 9.49. The SMILES string of the molecule is CCCCCCCCCCCCCCCCCN1C=CN(CCCCCCCCCC)C1CCCCCCCCCCCCCCCC. The van der Waals surface area contributed by atoms with Crippen LogP contribution in [0.25, 0.3) is 0 Å². The molecular formula is C46H92N2. The van der Waals surface area contributed by atoms with E-state index < -0.39 is 0 Å². The van der Waals surface area contributed by atoms with Crippen molar-refractivity contribution in [3.8, 4) is 0 Å². The van der Waals surface area contributed by atoms with Crippen molar-refractivity contribution in [1.29, 1.82) is 0 Å². The zero-order chi connectivity index (χ0) is 34.4. The van der Waals surface area contributed by atoms with Gasteiger partial charge in [-0.3, -0.25) is 0 Å². The van der Waals surface area contributed by atoms with E-state index in [4.69, 9.17) is 0 Å². The lowest BCUT2D eigenvalue weighted by Gasteiger charge is -2.33. The topological polar surface area (TPSA) is 6.48 Å². The Hall–Kier alpha value is -0.660. The highest BCUT2D eigenvalue weighted by molar-refractivity contribution is 4.97. The quantitative estimate of drug-likeness (QED) is 0.0598. The first-order valence-corrected chi connectivity index (χ1v) is 23.0. The molecule has 1 atom stereocenters. The Bertz CT molecular complexity index is 630. The summed E-state index contributed by atoms with van der Waals surface area (Å²) in [6.07, 6.45) is 60.4. The van der Waals surface area contributed by atoms with Crippen LogP contribution in [-0.4, -0.2) is 29.1 Å². The zero-order valence-electron chi connectivity index (χ0n) is 33.9. The summed E-state index contributed by atoms with van der Waals surface area (Å²) in [5.41, 5.74) is 0. The molecule has 1 aliphatic rings. The van der Waals surface area contributed by atoms with E-state index in [1.54, 1.807) is 0 Å². The molecule has 0 radical (unpaired) electrons. The molecule has 0 spiro atoms. The predicted molar refractivity (Wildman–Crippen MR) is 219 cm³/mol. The van der Waals surface area contributed by atoms with Gasteiger partial charge in [-0.1, -0.05) is 239 Å². The van der Waals surface area contributed by atoms with Gasteiger partial charge < -0.3 is 9.80 Å². The zero-order valence-corrected chi connectivity index (χ0v) is 33.9. The minimum atomic E-state index is 0.638. The molecule has 48 heavy (non-hydrogen) atoms. The molecule has 286 valence electrons. The van der Waals surface area contributed by atoms with Crippen LogP contribution < -0.4 is 0 Å². The monoisotopic (exact) mass is 673 g/mol. The van der Waals surface area contributed by atoms with Crippen LogP contribution in [0, 0.1) is 0 Å². The predicted octanol–water partition coefficient (Wildman–Crippen LogP) is 16.3. The minimum absolute atomic E-state index is 0.638. The van der Waals surface area contributed by atoms with E-state index >= 15 is 0 Å². The average Bonchev–Trinajstić information content (AvgIpc) is 3.48. The molecule has 1 unspecified atom stereocenters. The number of hydrogen-bond acceptors (Lipinski definition) is 2. The second-order valence-electron chi connectivity index (χ2n) is 16.1. The highest BCUT2D eigenvalue weighted by atomic mass is 15.4. The fourth-order valence-electron chi connectivity index (χ4n) is 7.95. The summed E-state index contributed by atoms with van der Waals surface area (Å²) in [7, 11) is 0. The first kappa shape index (κ1) is 45.4. The second-order valence-corrected chi connectivity index (χ2v) is 16.1. The van der Waals surface area contributed by atoms with Crippen molar-refractivity contribution in [3.05, 3.63) is 12.4 Å². The van der Waals surface area contributed by atoms with Gasteiger partial charge in [0.1, 0.15) is 6.17 Å². The van der Waals surface area contributed by atoms with Crippen LogP contribution in [0.5, 0.6) is 0 Å². The van der Waals surface area contributed by atoms with Crippen LogP contribution in [0.15, 0.2) is 12.4 Å². The molecule has 1 heterocycles. The van der Waals surface area contributed by atoms with Gasteiger partial charge in [-0.15, -0.1) is 0 Å². The Kier molecular flexibility index (Phi) is 35.5. The van der Waals surface area contributed by atoms with Crippen LogP contribution in [-0.2, 0) is 0 Å². The van der Waals surface area contributed by atoms with Gasteiger partial charge in [0.15, 0.2) is 0 Å². The Morgan fingerprint density at radius 1 is 0.271 bits per heavy atom. The number of nitrogens with zero attached hydrogens (tertiary/aromatic N) is 2. The first-order valence-electron chi connectivity index (χ1n) is 23.0. The highest BCUT2D eigenvalue weighted by Crippen LogP contribution is 2.24. The van der Waals surface area contributed by atoms with E-state index in [0.717, 1.165) is 0 Å². The van der Waals surface area contributed by atoms with Crippen molar-refractivity contribution in [2.45, 2.75) is 271 Å². The molecule has 0 aromatic rings. The Morgan fingerprint density at radius 2 is 0.479 bits per heavy atom. The third-order valence-electron chi connectivity index (χ3n) is 11.3. The molecule has 0 aliphatic carbocycles. The molecule has 2 nitrogen and oxygen atoms in total. The molecule has 0 N–H and O–H groups in total. The molecule has 1 aliphatic heterocycles. The lowest BCUT2D eigenvalue weighted by atomic mass is 10.0. The van der Waals surface area contributed by atoms with Gasteiger partial charge in [-0.05, 0) is 25.7 Å². The van der Waals surface area contributed by atoms with Crippen LogP contribution in [0.4, 0.5) is 0 Å². The lowest BCUT2D eigenvalue weighted by molar-refractivity contribution is 0.135. The average molecular weight is 673 g/mol. The number of hydrogen-bond donors (Lipinski definition) is 0. The summed E-state index contributed by atoms with van der Waals surface area (Å²) < 4.78 is 0. The summed E-state index contributed by atoms with van der Waals surface area (Å²) in [5, 5.41) is 0. The summed E-state index contributed by atoms with van der Waals surface area (Å²) in [6, 6.07) is 0. The Morgan fingerprint density at radius 3 is 0.729 bits per heavy atom. The molecule has 2 heteroatoms. The Labute approximate surface area is 305 Å². The van der Waals surface area contributed by atoms with Crippen LogP contribution in [0.1, 0.15) is 265 Å². The highest BCUT2D eigenvalue weighted by Gasteiger charge is 2.24. The van der Waals surface area contributed by atoms with E-state index in [-0.39, 0.29) is 0 Å². The van der Waals surface area contributed by atoms with Gasteiger partial charge in [-0.2, -0.15) is 0 Å². The molecule has 0 aromatic carbocycles. The maximum Gasteiger partial charge on any atom is 0.101 e. The Balaban J connectivity index is 2.17. The fourth-order valence-corrected chi connectivity index (χ4v) is 7.95. The van der Waals surface area contributed by atoms with E-state index in [2.05, 4.69) is 43.0 Å². The molecule has 1 rings (SSSR count). The van der Waals surface area contributed by atoms with Gasteiger partial charge in [0.25, 0.3) is 0 Å². The standard InChI is InChI=1S/C46H92N2/c1-4-7-10-13-16-19-21-23-25-27-29-31-34-37-40-43-48-45-44-47(42-39-36-33-18-15-12-9-6-3)46(48)41-38-35-32-30-28-26-24-22-20-17-14-11-8-5-2/h44-46H,4-43H2,1-3H3. The number of unbranched alkanes of at least 4 members (excludes halogenated alkanes) is 34. The van der Waals surface area contributed by atoms with Crippen molar-refractivity contribution in [2.24, 2.45) is 0 Å². The van der Waals surface area contributed by atoms with Crippen molar-refractivity contribution in [1.82, 2.24) is 9.80 Å². The molecule has 0 aromatic heterocycles. The normalized spacial score (nSPS) is 14.6. The molecule has 0 fully saturated rings. The largest absolute Gasteiger partial charge is 0.356 e. The third-order valence-corrected chi connectivity index (χ3v) is 11.3. The third kappa shape index (κ3) is 29.1. The smallest absolute Gasteiger partial charge is 0.101 e. The van der Waals surface area contributed by atoms with Gasteiger partial charge >= 0.3 is 0 Å². The van der Waals surface area contributed by atoms with Crippen molar-refractivity contribution < 1.29 is 0 Å². The fraction of sp³-hybridized carbons (Fsp3) is 0.957. The maximum absolute atomic E-state index is 2.73. The molecule has 0 saturated heterocycles. The lowest BCUT2D eigenvalue weighted by Crippen LogP contribution is -2.39. The van der Waals surface area contributed by atoms with E-state index in [1.807, 2.05) is 0 Å². The van der Waals surface area contributed by atoms with Crippen LogP contribution >= 0.6 is 0 Å². The number of rotatable bonds is 40. The summed E-state index contributed by atoms with van der Waals surface area (Å²) in [5.74, 6) is 0. The van der Waals surface area contributed by atoms with Crippen LogP contribution in [0.3, 0.4) is 0 Å². The van der Waals surface area contributed by atoms with Crippen LogP contribution in [0.2, 0.25) is 0 Å². The molecule has 0 bridgehead atoms. The van der Waals surface area contributed by atoms with E-state index in [9.17, 15) is 0 Å². The molecular weight excluding hydrogens is 581 g/mol.